The van der Waals surface area contributed by atoms with E-state index in [0.29, 0.717) is 30.5 Å². The van der Waals surface area contributed by atoms with Gasteiger partial charge in [-0.1, -0.05) is 26.0 Å². The van der Waals surface area contributed by atoms with Crippen LogP contribution >= 0.6 is 25.3 Å². The molecule has 0 unspecified atom stereocenters. The van der Waals surface area contributed by atoms with Crippen LogP contribution in [0.2, 0.25) is 0 Å². The summed E-state index contributed by atoms with van der Waals surface area (Å²) in [6.07, 6.45) is 2.78. The first kappa shape index (κ1) is 22.6. The lowest BCUT2D eigenvalue weighted by molar-refractivity contribution is -0.124. The zero-order chi connectivity index (χ0) is 19.4. The Balaban J connectivity index is 2.22. The SMILES string of the molecule is C=C(N)NCCCC[C@@H](C)C(=O)NCCOc1ccc(CS)c(CS)c1. The number of carbonyl (C=O) groups is 1. The Morgan fingerprint density at radius 3 is 2.58 bits per heavy atom. The normalized spacial score (nSPS) is 11.7. The smallest absolute Gasteiger partial charge is 0.222 e. The minimum Gasteiger partial charge on any atom is -0.492 e. The summed E-state index contributed by atoms with van der Waals surface area (Å²) < 4.78 is 5.71. The van der Waals surface area contributed by atoms with Crippen LogP contribution in [-0.2, 0) is 16.3 Å². The number of unbranched alkanes of at least 4 members (excludes halogenated alkanes) is 1. The van der Waals surface area contributed by atoms with E-state index in [1.54, 1.807) is 0 Å². The molecule has 0 aliphatic carbocycles. The average molecular weight is 398 g/mol. The third-order valence-electron chi connectivity index (χ3n) is 4.05. The van der Waals surface area contributed by atoms with Gasteiger partial charge in [0, 0.05) is 24.0 Å². The number of thiol groups is 2. The lowest BCUT2D eigenvalue weighted by Crippen LogP contribution is -2.32. The van der Waals surface area contributed by atoms with E-state index in [2.05, 4.69) is 42.5 Å². The Morgan fingerprint density at radius 2 is 1.92 bits per heavy atom. The molecule has 0 aliphatic heterocycles. The molecule has 0 aromatic heterocycles. The average Bonchev–Trinajstić information content (AvgIpc) is 2.63. The predicted molar refractivity (Wildman–Crippen MR) is 115 cm³/mol. The van der Waals surface area contributed by atoms with E-state index in [1.165, 1.54) is 0 Å². The number of hydrogen-bond acceptors (Lipinski definition) is 6. The van der Waals surface area contributed by atoms with Crippen molar-refractivity contribution < 1.29 is 9.53 Å². The monoisotopic (exact) mass is 397 g/mol. The van der Waals surface area contributed by atoms with Crippen molar-refractivity contribution >= 4 is 31.2 Å². The first-order valence-electron chi connectivity index (χ1n) is 8.90. The summed E-state index contributed by atoms with van der Waals surface area (Å²) in [5, 5.41) is 5.90. The van der Waals surface area contributed by atoms with Gasteiger partial charge in [0.05, 0.1) is 12.4 Å². The van der Waals surface area contributed by atoms with Crippen molar-refractivity contribution in [1.29, 1.82) is 0 Å². The van der Waals surface area contributed by atoms with E-state index in [0.717, 1.165) is 42.7 Å². The Bertz CT molecular complexity index is 582. The molecule has 0 radical (unpaired) electrons. The maximum absolute atomic E-state index is 12.1. The molecule has 1 atom stereocenters. The van der Waals surface area contributed by atoms with Gasteiger partial charge in [0.2, 0.25) is 5.91 Å². The molecule has 1 rings (SSSR count). The fourth-order valence-corrected chi connectivity index (χ4v) is 3.07. The molecule has 0 spiro atoms. The number of amides is 1. The minimum atomic E-state index is -0.0125. The summed E-state index contributed by atoms with van der Waals surface area (Å²) >= 11 is 8.63. The van der Waals surface area contributed by atoms with Gasteiger partial charge in [-0.05, 0) is 36.1 Å². The zero-order valence-corrected chi connectivity index (χ0v) is 17.3. The summed E-state index contributed by atoms with van der Waals surface area (Å²) in [6.45, 7) is 7.24. The van der Waals surface area contributed by atoms with Crippen LogP contribution < -0.4 is 21.1 Å². The third kappa shape index (κ3) is 8.76. The second kappa shape index (κ2) is 12.8. The summed E-state index contributed by atoms with van der Waals surface area (Å²) in [5.74, 6) is 2.65. The Hall–Kier alpha value is -1.47. The van der Waals surface area contributed by atoms with E-state index in [4.69, 9.17) is 10.5 Å². The molecule has 0 heterocycles. The molecule has 0 saturated heterocycles. The molecule has 1 aromatic carbocycles. The van der Waals surface area contributed by atoms with Gasteiger partial charge < -0.3 is 21.1 Å². The van der Waals surface area contributed by atoms with Crippen molar-refractivity contribution in [2.24, 2.45) is 11.7 Å². The predicted octanol–water partition coefficient (Wildman–Crippen LogP) is 2.87. The first-order valence-corrected chi connectivity index (χ1v) is 10.2. The maximum atomic E-state index is 12.1. The van der Waals surface area contributed by atoms with E-state index in [9.17, 15) is 4.79 Å². The van der Waals surface area contributed by atoms with Gasteiger partial charge in [0.15, 0.2) is 0 Å². The molecule has 0 saturated carbocycles. The number of nitrogens with two attached hydrogens (primary N) is 1. The lowest BCUT2D eigenvalue weighted by Gasteiger charge is -2.14. The van der Waals surface area contributed by atoms with Crippen LogP contribution in [0.3, 0.4) is 0 Å². The van der Waals surface area contributed by atoms with Crippen molar-refractivity contribution in [2.75, 3.05) is 19.7 Å². The highest BCUT2D eigenvalue weighted by molar-refractivity contribution is 7.79. The highest BCUT2D eigenvalue weighted by Gasteiger charge is 2.11. The molecule has 7 heteroatoms. The molecular formula is C19H31N3O2S2. The molecule has 1 amide bonds. The molecule has 5 nitrogen and oxygen atoms in total. The highest BCUT2D eigenvalue weighted by Crippen LogP contribution is 2.20. The van der Waals surface area contributed by atoms with E-state index in [1.807, 2.05) is 25.1 Å². The molecule has 0 bridgehead atoms. The van der Waals surface area contributed by atoms with Crippen LogP contribution in [0.25, 0.3) is 0 Å². The third-order valence-corrected chi connectivity index (χ3v) is 4.73. The summed E-state index contributed by atoms with van der Waals surface area (Å²) in [7, 11) is 0. The molecular weight excluding hydrogens is 366 g/mol. The standard InChI is InChI=1S/C19H31N3O2S2/c1-14(5-3-4-8-21-15(2)20)19(23)22-9-10-24-18-7-6-16(12-25)17(11-18)13-26/h6-7,11,14,21,25-26H,2-5,8-10,12-13,20H2,1H3,(H,22,23)/t14-/m1/s1. The number of benzene rings is 1. The van der Waals surface area contributed by atoms with Gasteiger partial charge in [0.25, 0.3) is 0 Å². The van der Waals surface area contributed by atoms with Gasteiger partial charge >= 0.3 is 0 Å². The largest absolute Gasteiger partial charge is 0.492 e. The van der Waals surface area contributed by atoms with E-state index >= 15 is 0 Å². The summed E-state index contributed by atoms with van der Waals surface area (Å²) in [5.41, 5.74) is 7.71. The van der Waals surface area contributed by atoms with Crippen LogP contribution in [0, 0.1) is 5.92 Å². The molecule has 0 fully saturated rings. The fraction of sp³-hybridized carbons (Fsp3) is 0.526. The second-order valence-electron chi connectivity index (χ2n) is 6.24. The molecule has 26 heavy (non-hydrogen) atoms. The number of nitrogens with one attached hydrogen (secondary N) is 2. The van der Waals surface area contributed by atoms with Gasteiger partial charge in [-0.3, -0.25) is 4.79 Å². The van der Waals surface area contributed by atoms with Crippen molar-refractivity contribution in [2.45, 2.75) is 37.7 Å². The van der Waals surface area contributed by atoms with Gasteiger partial charge in [0.1, 0.15) is 12.4 Å². The van der Waals surface area contributed by atoms with Gasteiger partial charge in [-0.2, -0.15) is 25.3 Å². The summed E-state index contributed by atoms with van der Waals surface area (Å²) in [4.78, 5) is 12.1. The highest BCUT2D eigenvalue weighted by atomic mass is 32.1. The molecule has 146 valence electrons. The van der Waals surface area contributed by atoms with Gasteiger partial charge in [-0.15, -0.1) is 0 Å². The number of hydrogen-bond donors (Lipinski definition) is 5. The lowest BCUT2D eigenvalue weighted by atomic mass is 10.0. The molecule has 1 aromatic rings. The first-order chi connectivity index (χ1) is 12.5. The van der Waals surface area contributed by atoms with E-state index < -0.39 is 0 Å². The topological polar surface area (TPSA) is 76.4 Å². The number of carbonyl (C=O) groups excluding carboxylic acids is 1. The van der Waals surface area contributed by atoms with Crippen molar-refractivity contribution in [3.8, 4) is 5.75 Å². The Kier molecular flexibility index (Phi) is 11.1. The summed E-state index contributed by atoms with van der Waals surface area (Å²) in [6, 6.07) is 5.91. The van der Waals surface area contributed by atoms with Crippen molar-refractivity contribution in [1.82, 2.24) is 10.6 Å². The van der Waals surface area contributed by atoms with Crippen molar-refractivity contribution in [3.63, 3.8) is 0 Å². The zero-order valence-electron chi connectivity index (χ0n) is 15.5. The maximum Gasteiger partial charge on any atom is 0.222 e. The molecule has 0 aliphatic rings. The van der Waals surface area contributed by atoms with Crippen LogP contribution in [0.4, 0.5) is 0 Å². The van der Waals surface area contributed by atoms with E-state index in [-0.39, 0.29) is 11.8 Å². The van der Waals surface area contributed by atoms with Crippen LogP contribution in [0.5, 0.6) is 5.75 Å². The molecule has 4 N–H and O–H groups in total. The van der Waals surface area contributed by atoms with Crippen LogP contribution in [0.15, 0.2) is 30.6 Å². The fourth-order valence-electron chi connectivity index (χ4n) is 2.47. The Morgan fingerprint density at radius 1 is 1.19 bits per heavy atom. The Labute approximate surface area is 168 Å². The van der Waals surface area contributed by atoms with Crippen LogP contribution in [-0.4, -0.2) is 25.6 Å². The second-order valence-corrected chi connectivity index (χ2v) is 6.87. The van der Waals surface area contributed by atoms with Gasteiger partial charge in [-0.25, -0.2) is 0 Å². The number of rotatable bonds is 13. The van der Waals surface area contributed by atoms with Crippen molar-refractivity contribution in [3.05, 3.63) is 41.7 Å². The van der Waals surface area contributed by atoms with Crippen LogP contribution in [0.1, 0.15) is 37.3 Å². The minimum absolute atomic E-state index is 0.0125. The number of ether oxygens (including phenoxy) is 1. The quantitative estimate of drug-likeness (QED) is 0.262.